The molecule has 2 heterocycles. The quantitative estimate of drug-likeness (QED) is 0.233. The first-order valence-corrected chi connectivity index (χ1v) is 16.0. The van der Waals surface area contributed by atoms with Crippen LogP contribution in [0.3, 0.4) is 0 Å². The first-order chi connectivity index (χ1) is 21.8. The Morgan fingerprint density at radius 1 is 0.935 bits per heavy atom. The number of fused-ring (bicyclic) bond motifs is 2. The normalized spacial score (nSPS) is 11.7. The Morgan fingerprint density at radius 2 is 1.57 bits per heavy atom. The van der Waals surface area contributed by atoms with Crippen molar-refractivity contribution in [2.75, 3.05) is 24.7 Å². The molecule has 4 aromatic carbocycles. The summed E-state index contributed by atoms with van der Waals surface area (Å²) in [6, 6.07) is 19.5. The van der Waals surface area contributed by atoms with Gasteiger partial charge in [-0.15, -0.1) is 0 Å². The number of hydrogen-bond acceptors (Lipinski definition) is 6. The zero-order valence-electron chi connectivity index (χ0n) is 25.3. The average Bonchev–Trinajstić information content (AvgIpc) is 3.40. The molecule has 0 aliphatic carbocycles. The molecule has 0 aliphatic heterocycles. The van der Waals surface area contributed by atoms with Crippen LogP contribution < -0.4 is 15.2 Å². The van der Waals surface area contributed by atoms with E-state index in [0.717, 1.165) is 16.1 Å². The number of halogens is 2. The van der Waals surface area contributed by atoms with E-state index < -0.39 is 21.7 Å². The van der Waals surface area contributed by atoms with Gasteiger partial charge >= 0.3 is 0 Å². The summed E-state index contributed by atoms with van der Waals surface area (Å²) in [5, 5.41) is 3.36. The second kappa shape index (κ2) is 11.5. The van der Waals surface area contributed by atoms with Crippen LogP contribution in [-0.4, -0.2) is 44.2 Å². The molecule has 0 radical (unpaired) electrons. The van der Waals surface area contributed by atoms with Crippen LogP contribution in [0.15, 0.2) is 88.1 Å². The molecule has 0 spiro atoms. The van der Waals surface area contributed by atoms with Crippen molar-refractivity contribution in [1.29, 1.82) is 0 Å². The number of aromatic nitrogens is 2. The van der Waals surface area contributed by atoms with Crippen molar-refractivity contribution in [2.24, 2.45) is 0 Å². The van der Waals surface area contributed by atoms with E-state index in [1.807, 2.05) is 0 Å². The number of benzene rings is 4. The summed E-state index contributed by atoms with van der Waals surface area (Å²) in [7, 11) is -0.873. The Hall–Kier alpha value is -5.36. The summed E-state index contributed by atoms with van der Waals surface area (Å²) >= 11 is 0. The summed E-state index contributed by atoms with van der Waals surface area (Å²) < 4.78 is 61.4. The van der Waals surface area contributed by atoms with E-state index >= 15 is 0 Å². The molecule has 9 nitrogen and oxygen atoms in total. The van der Waals surface area contributed by atoms with E-state index in [1.54, 1.807) is 43.3 Å². The molecule has 2 aromatic heterocycles. The number of amides is 1. The van der Waals surface area contributed by atoms with E-state index in [9.17, 15) is 26.8 Å². The molecule has 6 aromatic rings. The van der Waals surface area contributed by atoms with Crippen LogP contribution in [0.5, 0.6) is 0 Å². The van der Waals surface area contributed by atoms with Crippen molar-refractivity contribution < 1.29 is 26.4 Å². The third-order valence-electron chi connectivity index (χ3n) is 7.91. The molecule has 0 atom stereocenters. The molecule has 0 fully saturated rings. The minimum Gasteiger partial charge on any atom is -0.455 e. The minimum absolute atomic E-state index is 0.192. The summed E-state index contributed by atoms with van der Waals surface area (Å²) in [6.07, 6.45) is 1.07. The SMILES string of the molecule is CNC(=O)c1c(-c2ccc(F)cc2)oc2cc(N(C)S(C)(=O)=O)c(-c3ccc4c(=O)n(Cc5ccc(F)cc5)c(C)nc4c3)cc12. The Kier molecular flexibility index (Phi) is 7.69. The van der Waals surface area contributed by atoms with E-state index in [-0.39, 0.29) is 40.5 Å². The maximum Gasteiger partial charge on any atom is 0.261 e. The van der Waals surface area contributed by atoms with Gasteiger partial charge in [0.1, 0.15) is 28.8 Å². The Bertz CT molecular complexity index is 2330. The Morgan fingerprint density at radius 3 is 2.20 bits per heavy atom. The lowest BCUT2D eigenvalue weighted by Crippen LogP contribution is -2.25. The van der Waals surface area contributed by atoms with Crippen LogP contribution in [0.2, 0.25) is 0 Å². The Balaban J connectivity index is 1.57. The first-order valence-electron chi connectivity index (χ1n) is 14.1. The van der Waals surface area contributed by atoms with E-state index in [4.69, 9.17) is 4.42 Å². The second-order valence-corrected chi connectivity index (χ2v) is 12.9. The third kappa shape index (κ3) is 5.51. The van der Waals surface area contributed by atoms with Crippen molar-refractivity contribution in [1.82, 2.24) is 14.9 Å². The second-order valence-electron chi connectivity index (χ2n) is 10.9. The van der Waals surface area contributed by atoms with Crippen LogP contribution in [0.25, 0.3) is 44.3 Å². The monoisotopic (exact) mass is 642 g/mol. The molecule has 0 saturated carbocycles. The van der Waals surface area contributed by atoms with Crippen LogP contribution in [0, 0.1) is 18.6 Å². The standard InChI is InChI=1S/C34H28F2N4O5S/c1-19-38-28-15-22(9-14-25(28)34(42)40(19)18-20-5-10-23(35)11-6-20)26-16-27-30(17-29(26)39(3)46(4,43)44)45-32(31(27)33(41)37-2)21-7-12-24(36)13-8-21/h5-17H,18H2,1-4H3,(H,37,41). The van der Waals surface area contributed by atoms with Gasteiger partial charge in [-0.1, -0.05) is 18.2 Å². The highest BCUT2D eigenvalue weighted by Gasteiger charge is 2.26. The van der Waals surface area contributed by atoms with Crippen molar-refractivity contribution in [3.8, 4) is 22.5 Å². The number of nitrogens with zero attached hydrogens (tertiary/aromatic N) is 3. The minimum atomic E-state index is -3.75. The predicted octanol–water partition coefficient (Wildman–Crippen LogP) is 5.87. The molecule has 0 saturated heterocycles. The van der Waals surface area contributed by atoms with E-state index in [0.29, 0.717) is 38.8 Å². The van der Waals surface area contributed by atoms with Crippen molar-refractivity contribution in [3.05, 3.63) is 118 Å². The number of hydrogen-bond donors (Lipinski definition) is 1. The smallest absolute Gasteiger partial charge is 0.261 e. The lowest BCUT2D eigenvalue weighted by molar-refractivity contribution is 0.0964. The summed E-state index contributed by atoms with van der Waals surface area (Å²) in [5.74, 6) is -0.657. The molecule has 6 rings (SSSR count). The number of rotatable bonds is 7. The number of aryl methyl sites for hydroxylation is 1. The summed E-state index contributed by atoms with van der Waals surface area (Å²) in [4.78, 5) is 31.4. The van der Waals surface area contributed by atoms with E-state index in [2.05, 4.69) is 10.3 Å². The fourth-order valence-electron chi connectivity index (χ4n) is 5.42. The molecule has 0 unspecified atom stereocenters. The number of nitrogens with one attached hydrogen (secondary N) is 1. The van der Waals surface area contributed by atoms with Crippen LogP contribution in [0.1, 0.15) is 21.7 Å². The highest BCUT2D eigenvalue weighted by molar-refractivity contribution is 7.92. The topological polar surface area (TPSA) is 115 Å². The lowest BCUT2D eigenvalue weighted by atomic mass is 9.97. The van der Waals surface area contributed by atoms with Crippen LogP contribution in [0.4, 0.5) is 14.5 Å². The first kappa shape index (κ1) is 30.7. The van der Waals surface area contributed by atoms with Crippen molar-refractivity contribution >= 4 is 43.5 Å². The number of furan rings is 1. The molecule has 12 heteroatoms. The molecule has 1 N–H and O–H groups in total. The molecule has 0 aliphatic rings. The third-order valence-corrected chi connectivity index (χ3v) is 9.11. The molecule has 234 valence electrons. The van der Waals surface area contributed by atoms with Gasteiger partial charge < -0.3 is 9.73 Å². The van der Waals surface area contributed by atoms with Gasteiger partial charge in [0.05, 0.1) is 35.0 Å². The van der Waals surface area contributed by atoms with E-state index in [1.165, 1.54) is 61.1 Å². The average molecular weight is 643 g/mol. The highest BCUT2D eigenvalue weighted by atomic mass is 32.2. The molecular weight excluding hydrogens is 614 g/mol. The number of sulfonamides is 1. The largest absolute Gasteiger partial charge is 0.455 e. The van der Waals surface area contributed by atoms with Gasteiger partial charge in [-0.2, -0.15) is 0 Å². The molecule has 46 heavy (non-hydrogen) atoms. The van der Waals surface area contributed by atoms with Crippen molar-refractivity contribution in [2.45, 2.75) is 13.5 Å². The van der Waals surface area contributed by atoms with Gasteiger partial charge in [0.25, 0.3) is 11.5 Å². The fraction of sp³-hybridized carbons (Fsp3) is 0.147. The van der Waals surface area contributed by atoms with Crippen LogP contribution in [-0.2, 0) is 16.6 Å². The maximum atomic E-state index is 13.7. The maximum absolute atomic E-state index is 13.7. The molecule has 1 amide bonds. The fourth-order valence-corrected chi connectivity index (χ4v) is 5.92. The van der Waals surface area contributed by atoms with Gasteiger partial charge in [-0.3, -0.25) is 18.5 Å². The van der Waals surface area contributed by atoms with Crippen LogP contribution >= 0.6 is 0 Å². The molecular formula is C34H28F2N4O5S. The Labute approximate surface area is 262 Å². The zero-order chi connectivity index (χ0) is 32.9. The summed E-state index contributed by atoms with van der Waals surface area (Å²) in [6.45, 7) is 1.90. The number of anilines is 1. The van der Waals surface area contributed by atoms with Gasteiger partial charge in [0.2, 0.25) is 10.0 Å². The molecule has 0 bridgehead atoms. The zero-order valence-corrected chi connectivity index (χ0v) is 26.1. The highest BCUT2D eigenvalue weighted by Crippen LogP contribution is 2.41. The van der Waals surface area contributed by atoms with Gasteiger partial charge in [0, 0.05) is 36.7 Å². The van der Waals surface area contributed by atoms with Gasteiger partial charge in [-0.05, 0) is 72.6 Å². The predicted molar refractivity (Wildman–Crippen MR) is 173 cm³/mol. The van der Waals surface area contributed by atoms with Gasteiger partial charge in [-0.25, -0.2) is 22.2 Å². The summed E-state index contributed by atoms with van der Waals surface area (Å²) in [5.41, 5.74) is 2.96. The lowest BCUT2D eigenvalue weighted by Gasteiger charge is -2.21. The number of carbonyl (C=O) groups excluding carboxylic acids is 1. The number of carbonyl (C=O) groups is 1. The van der Waals surface area contributed by atoms with Gasteiger partial charge in [0.15, 0.2) is 0 Å². The van der Waals surface area contributed by atoms with Crippen molar-refractivity contribution in [3.63, 3.8) is 0 Å².